The minimum Gasteiger partial charge on any atom is -0.483 e. The number of ether oxygens (including phenoxy) is 1. The Morgan fingerprint density at radius 3 is 2.47 bits per heavy atom. The first-order valence-corrected chi connectivity index (χ1v) is 4.81. The van der Waals surface area contributed by atoms with E-state index in [-0.39, 0.29) is 15.2 Å². The molecule has 1 rings (SSSR count). The van der Waals surface area contributed by atoms with Crippen molar-refractivity contribution in [2.75, 3.05) is 6.61 Å². The first-order valence-electron chi connectivity index (χ1n) is 3.64. The fraction of sp³-hybridized carbons (Fsp3) is 0.250. The molecule has 0 radical (unpaired) electrons. The summed E-state index contributed by atoms with van der Waals surface area (Å²) in [6.07, 6.45) is -4.46. The molecule has 0 unspecified atom stereocenters. The lowest BCUT2D eigenvalue weighted by molar-refractivity contribution is -0.153. The molecule has 1 aromatic rings. The van der Waals surface area contributed by atoms with Crippen molar-refractivity contribution < 1.29 is 22.3 Å². The van der Waals surface area contributed by atoms with Gasteiger partial charge in [0.2, 0.25) is 0 Å². The number of benzene rings is 1. The van der Waals surface area contributed by atoms with E-state index in [1.807, 2.05) is 0 Å². The average molecular weight is 307 g/mol. The Kier molecular flexibility index (Phi) is 3.83. The molecule has 0 saturated carbocycles. The first-order chi connectivity index (χ1) is 6.81. The van der Waals surface area contributed by atoms with E-state index < -0.39 is 18.6 Å². The zero-order valence-corrected chi connectivity index (χ0v) is 9.38. The van der Waals surface area contributed by atoms with Gasteiger partial charge in [-0.2, -0.15) is 13.2 Å². The van der Waals surface area contributed by atoms with Crippen LogP contribution in [0, 0.1) is 5.82 Å². The molecule has 0 heterocycles. The lowest BCUT2D eigenvalue weighted by atomic mass is 10.3. The smallest absolute Gasteiger partial charge is 0.422 e. The number of rotatable bonds is 2. The van der Waals surface area contributed by atoms with Crippen LogP contribution >= 0.6 is 27.5 Å². The van der Waals surface area contributed by atoms with Crippen LogP contribution in [0.5, 0.6) is 5.75 Å². The Balaban J connectivity index is 2.83. The molecule has 1 aromatic carbocycles. The maximum Gasteiger partial charge on any atom is 0.422 e. The molecule has 0 aliphatic carbocycles. The van der Waals surface area contributed by atoms with Gasteiger partial charge in [-0.15, -0.1) is 0 Å². The third-order valence-electron chi connectivity index (χ3n) is 1.39. The predicted molar refractivity (Wildman–Crippen MR) is 50.7 cm³/mol. The maximum absolute atomic E-state index is 13.1. The van der Waals surface area contributed by atoms with Crippen LogP contribution in [0.1, 0.15) is 0 Å². The Hall–Kier alpha value is -0.490. The summed E-state index contributed by atoms with van der Waals surface area (Å²) in [5.41, 5.74) is 0. The van der Waals surface area contributed by atoms with E-state index in [0.29, 0.717) is 0 Å². The second-order valence-corrected chi connectivity index (χ2v) is 3.78. The normalized spacial score (nSPS) is 11.6. The second-order valence-electron chi connectivity index (χ2n) is 2.58. The zero-order valence-electron chi connectivity index (χ0n) is 7.04. The molecule has 0 atom stereocenters. The van der Waals surface area contributed by atoms with Gasteiger partial charge in [0.25, 0.3) is 0 Å². The fourth-order valence-corrected chi connectivity index (χ4v) is 1.51. The summed E-state index contributed by atoms with van der Waals surface area (Å²) < 4.78 is 52.6. The lowest BCUT2D eigenvalue weighted by Crippen LogP contribution is -2.19. The molecule has 0 fully saturated rings. The SMILES string of the molecule is Fc1c(Cl)ccc(OCC(F)(F)F)c1Br. The number of alkyl halides is 3. The molecule has 0 aliphatic heterocycles. The topological polar surface area (TPSA) is 9.23 Å². The highest BCUT2D eigenvalue weighted by Crippen LogP contribution is 2.33. The van der Waals surface area contributed by atoms with E-state index in [4.69, 9.17) is 11.6 Å². The van der Waals surface area contributed by atoms with Crippen LogP contribution in [-0.4, -0.2) is 12.8 Å². The van der Waals surface area contributed by atoms with Crippen LogP contribution in [0.25, 0.3) is 0 Å². The van der Waals surface area contributed by atoms with Crippen molar-refractivity contribution in [1.29, 1.82) is 0 Å². The monoisotopic (exact) mass is 306 g/mol. The van der Waals surface area contributed by atoms with Gasteiger partial charge in [-0.25, -0.2) is 4.39 Å². The average Bonchev–Trinajstić information content (AvgIpc) is 2.12. The molecule has 0 N–H and O–H groups in total. The van der Waals surface area contributed by atoms with Gasteiger partial charge in [0.05, 0.1) is 9.50 Å². The highest BCUT2D eigenvalue weighted by atomic mass is 79.9. The summed E-state index contributed by atoms with van der Waals surface area (Å²) >= 11 is 8.14. The second kappa shape index (κ2) is 4.57. The van der Waals surface area contributed by atoms with Crippen LogP contribution < -0.4 is 4.74 Å². The molecule has 0 aromatic heterocycles. The Morgan fingerprint density at radius 2 is 1.93 bits per heavy atom. The summed E-state index contributed by atoms with van der Waals surface area (Å²) in [5.74, 6) is -1.09. The van der Waals surface area contributed by atoms with Crippen molar-refractivity contribution in [3.05, 3.63) is 27.4 Å². The summed E-state index contributed by atoms with van der Waals surface area (Å²) in [5, 5.41) is -0.193. The van der Waals surface area contributed by atoms with Crippen molar-refractivity contribution in [3.8, 4) is 5.75 Å². The van der Waals surface area contributed by atoms with E-state index >= 15 is 0 Å². The molecule has 0 bridgehead atoms. The van der Waals surface area contributed by atoms with Crippen molar-refractivity contribution in [1.82, 2.24) is 0 Å². The quantitative estimate of drug-likeness (QED) is 0.588. The minimum atomic E-state index is -4.46. The minimum absolute atomic E-state index is 0.193. The Bertz CT molecular complexity index is 366. The van der Waals surface area contributed by atoms with Gasteiger partial charge in [0.1, 0.15) is 5.75 Å². The third-order valence-corrected chi connectivity index (χ3v) is 2.42. The van der Waals surface area contributed by atoms with E-state index in [9.17, 15) is 17.6 Å². The van der Waals surface area contributed by atoms with Gasteiger partial charge < -0.3 is 4.74 Å². The fourth-order valence-electron chi connectivity index (χ4n) is 0.779. The van der Waals surface area contributed by atoms with Gasteiger partial charge in [-0.1, -0.05) is 11.6 Å². The van der Waals surface area contributed by atoms with E-state index in [0.717, 1.165) is 12.1 Å². The Morgan fingerprint density at radius 1 is 1.33 bits per heavy atom. The maximum atomic E-state index is 13.1. The van der Waals surface area contributed by atoms with Crippen LogP contribution in [-0.2, 0) is 0 Å². The summed E-state index contributed by atoms with van der Waals surface area (Å²) in [6, 6.07) is 2.27. The van der Waals surface area contributed by atoms with Crippen molar-refractivity contribution in [3.63, 3.8) is 0 Å². The number of halogens is 6. The standard InChI is InChI=1S/C8H4BrClF4O/c9-6-5(15-3-8(12,13)14)2-1-4(10)7(6)11/h1-2H,3H2. The number of hydrogen-bond acceptors (Lipinski definition) is 1. The molecule has 0 saturated heterocycles. The zero-order chi connectivity index (χ0) is 11.6. The molecule has 0 amide bonds. The molecular formula is C8H4BrClF4O. The van der Waals surface area contributed by atoms with Crippen molar-refractivity contribution >= 4 is 27.5 Å². The highest BCUT2D eigenvalue weighted by Gasteiger charge is 2.29. The molecular weight excluding hydrogens is 303 g/mol. The lowest BCUT2D eigenvalue weighted by Gasteiger charge is -2.11. The molecule has 84 valence electrons. The van der Waals surface area contributed by atoms with E-state index in [2.05, 4.69) is 20.7 Å². The Labute approximate surface area is 96.1 Å². The van der Waals surface area contributed by atoms with Crippen LogP contribution in [0.3, 0.4) is 0 Å². The van der Waals surface area contributed by atoms with Gasteiger partial charge in [0.15, 0.2) is 12.4 Å². The molecule has 0 spiro atoms. The first kappa shape index (κ1) is 12.6. The van der Waals surface area contributed by atoms with Gasteiger partial charge in [-0.3, -0.25) is 0 Å². The predicted octanol–water partition coefficient (Wildman–Crippen LogP) is 4.18. The largest absolute Gasteiger partial charge is 0.483 e. The van der Waals surface area contributed by atoms with Gasteiger partial charge in [0, 0.05) is 0 Å². The summed E-state index contributed by atoms with van der Waals surface area (Å²) in [7, 11) is 0. The summed E-state index contributed by atoms with van der Waals surface area (Å²) in [4.78, 5) is 0. The number of hydrogen-bond donors (Lipinski definition) is 0. The molecule has 0 aliphatic rings. The van der Waals surface area contributed by atoms with Gasteiger partial charge >= 0.3 is 6.18 Å². The van der Waals surface area contributed by atoms with E-state index in [1.165, 1.54) is 0 Å². The molecule has 7 heteroatoms. The summed E-state index contributed by atoms with van der Waals surface area (Å²) in [6.45, 7) is -1.48. The van der Waals surface area contributed by atoms with Crippen LogP contribution in [0.15, 0.2) is 16.6 Å². The van der Waals surface area contributed by atoms with Crippen LogP contribution in [0.2, 0.25) is 5.02 Å². The van der Waals surface area contributed by atoms with Crippen molar-refractivity contribution in [2.45, 2.75) is 6.18 Å². The molecule has 1 nitrogen and oxygen atoms in total. The van der Waals surface area contributed by atoms with Gasteiger partial charge in [-0.05, 0) is 28.1 Å². The molecule has 15 heavy (non-hydrogen) atoms. The third kappa shape index (κ3) is 3.53. The van der Waals surface area contributed by atoms with Crippen molar-refractivity contribution in [2.24, 2.45) is 0 Å². The highest BCUT2D eigenvalue weighted by molar-refractivity contribution is 9.10. The van der Waals surface area contributed by atoms with E-state index in [1.54, 1.807) is 0 Å². The van der Waals surface area contributed by atoms with Crippen LogP contribution in [0.4, 0.5) is 17.6 Å².